The fourth-order valence-electron chi connectivity index (χ4n) is 1.56. The summed E-state index contributed by atoms with van der Waals surface area (Å²) in [6, 6.07) is 9.38. The highest BCUT2D eigenvalue weighted by Crippen LogP contribution is 2.19. The maximum atomic E-state index is 10.9. The molecule has 0 aliphatic carbocycles. The quantitative estimate of drug-likeness (QED) is 0.810. The van der Waals surface area contributed by atoms with Crippen LogP contribution in [0, 0.1) is 0 Å². The molecule has 1 heterocycles. The molecule has 0 radical (unpaired) electrons. The molecule has 2 N–H and O–H groups in total. The van der Waals surface area contributed by atoms with E-state index in [0.717, 1.165) is 5.69 Å². The molecule has 0 saturated heterocycles. The molecule has 1 aromatic heterocycles. The molecular weight excluding hydrogens is 250 g/mol. The second-order valence-electron chi connectivity index (χ2n) is 3.64. The highest BCUT2D eigenvalue weighted by atomic mass is 32.2. The van der Waals surface area contributed by atoms with E-state index in [1.807, 2.05) is 30.5 Å². The van der Waals surface area contributed by atoms with Gasteiger partial charge in [-0.3, -0.25) is 0 Å². The molecule has 18 heavy (non-hydrogen) atoms. The number of furan rings is 1. The van der Waals surface area contributed by atoms with Crippen molar-refractivity contribution >= 4 is 23.4 Å². The van der Waals surface area contributed by atoms with E-state index in [-0.39, 0.29) is 5.56 Å². The van der Waals surface area contributed by atoms with E-state index in [4.69, 9.17) is 9.52 Å². The highest BCUT2D eigenvalue weighted by Gasteiger charge is 2.12. The van der Waals surface area contributed by atoms with Crippen LogP contribution < -0.4 is 5.32 Å². The van der Waals surface area contributed by atoms with Crippen molar-refractivity contribution in [1.82, 2.24) is 0 Å². The number of hydrogen-bond donors (Lipinski definition) is 2. The number of carboxylic acid groups (broad SMARTS) is 1. The summed E-state index contributed by atoms with van der Waals surface area (Å²) >= 11 is 1.68. The molecule has 0 aliphatic rings. The van der Waals surface area contributed by atoms with Crippen molar-refractivity contribution < 1.29 is 14.3 Å². The minimum Gasteiger partial charge on any atom is -0.478 e. The first-order chi connectivity index (χ1) is 8.70. The molecule has 0 unspecified atom stereocenters. The first-order valence-electron chi connectivity index (χ1n) is 5.38. The number of anilines is 1. The van der Waals surface area contributed by atoms with Gasteiger partial charge in [0, 0.05) is 10.6 Å². The Hall–Kier alpha value is -1.88. The maximum absolute atomic E-state index is 10.9. The lowest BCUT2D eigenvalue weighted by Crippen LogP contribution is -2.04. The molecule has 4 nitrogen and oxygen atoms in total. The van der Waals surface area contributed by atoms with E-state index in [1.54, 1.807) is 11.8 Å². The van der Waals surface area contributed by atoms with E-state index in [9.17, 15) is 4.79 Å². The number of benzene rings is 1. The molecule has 94 valence electrons. The third kappa shape index (κ3) is 2.87. The summed E-state index contributed by atoms with van der Waals surface area (Å²) in [6.45, 7) is 0.354. The largest absolute Gasteiger partial charge is 0.478 e. The van der Waals surface area contributed by atoms with Crippen molar-refractivity contribution in [1.29, 1.82) is 0 Å². The molecule has 2 aromatic rings. The Morgan fingerprint density at radius 3 is 2.67 bits per heavy atom. The molecular formula is C13H13NO3S. The van der Waals surface area contributed by atoms with Crippen molar-refractivity contribution in [2.24, 2.45) is 0 Å². The average Bonchev–Trinajstić information content (AvgIpc) is 2.85. The van der Waals surface area contributed by atoms with Crippen LogP contribution in [0.3, 0.4) is 0 Å². The molecule has 0 aliphatic heterocycles. The summed E-state index contributed by atoms with van der Waals surface area (Å²) in [6.07, 6.45) is 3.40. The van der Waals surface area contributed by atoms with E-state index in [2.05, 4.69) is 5.32 Å². The Labute approximate surface area is 109 Å². The minimum atomic E-state index is -0.974. The molecule has 2 rings (SSSR count). The molecule has 0 fully saturated rings. The first kappa shape index (κ1) is 12.6. The van der Waals surface area contributed by atoms with E-state index >= 15 is 0 Å². The number of carbonyl (C=O) groups is 1. The number of rotatable bonds is 5. The van der Waals surface area contributed by atoms with Gasteiger partial charge in [0.15, 0.2) is 0 Å². The Morgan fingerprint density at radius 2 is 2.06 bits per heavy atom. The normalized spacial score (nSPS) is 10.3. The van der Waals surface area contributed by atoms with Gasteiger partial charge in [-0.15, -0.1) is 11.8 Å². The van der Waals surface area contributed by atoms with Crippen molar-refractivity contribution in [3.8, 4) is 0 Å². The Bertz CT molecular complexity index is 533. The minimum absolute atomic E-state index is 0.197. The van der Waals surface area contributed by atoms with Gasteiger partial charge in [-0.2, -0.15) is 0 Å². The predicted octanol–water partition coefficient (Wildman–Crippen LogP) is 3.31. The summed E-state index contributed by atoms with van der Waals surface area (Å²) in [5, 5.41) is 12.1. The number of hydrogen-bond acceptors (Lipinski definition) is 4. The van der Waals surface area contributed by atoms with Gasteiger partial charge < -0.3 is 14.8 Å². The van der Waals surface area contributed by atoms with E-state index < -0.39 is 5.97 Å². The monoisotopic (exact) mass is 263 g/mol. The summed E-state index contributed by atoms with van der Waals surface area (Å²) < 4.78 is 5.15. The van der Waals surface area contributed by atoms with Crippen LogP contribution in [0.2, 0.25) is 0 Å². The van der Waals surface area contributed by atoms with Gasteiger partial charge in [-0.05, 0) is 36.6 Å². The van der Waals surface area contributed by atoms with Crippen LogP contribution in [0.25, 0.3) is 0 Å². The number of carboxylic acids is 1. The predicted molar refractivity (Wildman–Crippen MR) is 71.2 cm³/mol. The Kier molecular flexibility index (Phi) is 3.94. The second kappa shape index (κ2) is 5.64. The smallest absolute Gasteiger partial charge is 0.339 e. The van der Waals surface area contributed by atoms with Gasteiger partial charge in [0.05, 0.1) is 12.8 Å². The zero-order valence-corrected chi connectivity index (χ0v) is 10.7. The summed E-state index contributed by atoms with van der Waals surface area (Å²) in [5.41, 5.74) is 1.13. The van der Waals surface area contributed by atoms with Gasteiger partial charge in [0.2, 0.25) is 0 Å². The second-order valence-corrected chi connectivity index (χ2v) is 4.52. The number of aromatic carboxylic acids is 1. The molecule has 5 heteroatoms. The van der Waals surface area contributed by atoms with Gasteiger partial charge in [-0.1, -0.05) is 0 Å². The van der Waals surface area contributed by atoms with Crippen molar-refractivity contribution in [2.45, 2.75) is 11.4 Å². The standard InChI is InChI=1S/C13H13NO3S/c1-18-10-4-2-9(3-5-10)14-8-12-11(13(15)16)6-7-17-12/h2-7,14H,8H2,1H3,(H,15,16). The third-order valence-corrected chi connectivity index (χ3v) is 3.26. The van der Waals surface area contributed by atoms with Gasteiger partial charge in [0.25, 0.3) is 0 Å². The first-order valence-corrected chi connectivity index (χ1v) is 6.61. The molecule has 0 spiro atoms. The van der Waals surface area contributed by atoms with Gasteiger partial charge in [-0.25, -0.2) is 4.79 Å². The van der Waals surface area contributed by atoms with Crippen molar-refractivity contribution in [3.63, 3.8) is 0 Å². The summed E-state index contributed by atoms with van der Waals surface area (Å²) in [7, 11) is 0. The van der Waals surface area contributed by atoms with Crippen LogP contribution in [-0.4, -0.2) is 17.3 Å². The molecule has 0 saturated carbocycles. The zero-order chi connectivity index (χ0) is 13.0. The SMILES string of the molecule is CSc1ccc(NCc2occc2C(=O)O)cc1. The van der Waals surface area contributed by atoms with Crippen LogP contribution in [0.15, 0.2) is 45.9 Å². The van der Waals surface area contributed by atoms with Crippen LogP contribution in [0.5, 0.6) is 0 Å². The zero-order valence-electron chi connectivity index (χ0n) is 9.84. The van der Waals surface area contributed by atoms with Crippen molar-refractivity contribution in [3.05, 3.63) is 47.9 Å². The van der Waals surface area contributed by atoms with Gasteiger partial charge in [0.1, 0.15) is 11.3 Å². The molecule has 0 bridgehead atoms. The van der Waals surface area contributed by atoms with E-state index in [1.165, 1.54) is 17.2 Å². The lowest BCUT2D eigenvalue weighted by Gasteiger charge is -2.05. The van der Waals surface area contributed by atoms with Gasteiger partial charge >= 0.3 is 5.97 Å². The van der Waals surface area contributed by atoms with Crippen LogP contribution in [-0.2, 0) is 6.54 Å². The molecule has 1 aromatic carbocycles. The summed E-state index contributed by atoms with van der Waals surface area (Å²) in [4.78, 5) is 12.1. The molecule has 0 amide bonds. The van der Waals surface area contributed by atoms with E-state index in [0.29, 0.717) is 12.3 Å². The summed E-state index contributed by atoms with van der Waals surface area (Å²) in [5.74, 6) is -0.547. The maximum Gasteiger partial charge on any atom is 0.339 e. The molecule has 0 atom stereocenters. The number of thioether (sulfide) groups is 1. The Morgan fingerprint density at radius 1 is 1.33 bits per heavy atom. The Balaban J connectivity index is 2.02. The fraction of sp³-hybridized carbons (Fsp3) is 0.154. The van der Waals surface area contributed by atoms with Crippen LogP contribution in [0.1, 0.15) is 16.1 Å². The fourth-order valence-corrected chi connectivity index (χ4v) is 1.97. The third-order valence-electron chi connectivity index (χ3n) is 2.52. The average molecular weight is 263 g/mol. The lowest BCUT2D eigenvalue weighted by molar-refractivity contribution is 0.0694. The highest BCUT2D eigenvalue weighted by molar-refractivity contribution is 7.98. The van der Waals surface area contributed by atoms with Crippen LogP contribution in [0.4, 0.5) is 5.69 Å². The number of nitrogens with one attached hydrogen (secondary N) is 1. The van der Waals surface area contributed by atoms with Crippen molar-refractivity contribution in [2.75, 3.05) is 11.6 Å². The lowest BCUT2D eigenvalue weighted by atomic mass is 10.2. The topological polar surface area (TPSA) is 62.5 Å². The van der Waals surface area contributed by atoms with Crippen LogP contribution >= 0.6 is 11.8 Å².